The van der Waals surface area contributed by atoms with Crippen molar-refractivity contribution in [2.45, 2.75) is 46.7 Å². The largest absolute Gasteiger partial charge is 0.476 e. The van der Waals surface area contributed by atoms with E-state index in [0.29, 0.717) is 23.8 Å². The highest BCUT2D eigenvalue weighted by Crippen LogP contribution is 2.24. The summed E-state index contributed by atoms with van der Waals surface area (Å²) in [4.78, 5) is 11.2. The molecule has 0 aliphatic carbocycles. The number of aryl methyl sites for hydroxylation is 2. The third-order valence-electron chi connectivity index (χ3n) is 3.28. The molecule has 2 rings (SSSR count). The van der Waals surface area contributed by atoms with Gasteiger partial charge in [0.1, 0.15) is 0 Å². The number of hydrogen-bond acceptors (Lipinski definition) is 4. The van der Waals surface area contributed by atoms with Crippen LogP contribution in [0.15, 0.2) is 0 Å². The van der Waals surface area contributed by atoms with Gasteiger partial charge < -0.3 is 5.11 Å². The Labute approximate surface area is 127 Å². The van der Waals surface area contributed by atoms with Crippen LogP contribution in [0.4, 0.5) is 0 Å². The van der Waals surface area contributed by atoms with Crippen molar-refractivity contribution in [3.05, 3.63) is 27.8 Å². The standard InChI is InChI=1S/C13H18ClN5O2/c1-5-18-9(10(14)8(4)16-18)6-19-12(7(2)3)11(13(20)21)15-17-19/h7H,5-6H2,1-4H3,(H,20,21). The number of carboxylic acids is 1. The van der Waals surface area contributed by atoms with Crippen molar-refractivity contribution in [3.8, 4) is 0 Å². The van der Waals surface area contributed by atoms with Crippen molar-refractivity contribution in [3.63, 3.8) is 0 Å². The van der Waals surface area contributed by atoms with Crippen LogP contribution in [0.3, 0.4) is 0 Å². The number of rotatable bonds is 5. The quantitative estimate of drug-likeness (QED) is 0.916. The van der Waals surface area contributed by atoms with Gasteiger partial charge in [-0.3, -0.25) is 4.68 Å². The Hall–Kier alpha value is -1.89. The highest BCUT2D eigenvalue weighted by atomic mass is 35.5. The number of nitrogens with zero attached hydrogens (tertiary/aromatic N) is 5. The molecule has 2 aromatic heterocycles. The molecule has 0 saturated carbocycles. The number of aromatic nitrogens is 5. The SMILES string of the molecule is CCn1nc(C)c(Cl)c1Cn1nnc(C(=O)O)c1C(C)C. The Morgan fingerprint density at radius 2 is 2.05 bits per heavy atom. The van der Waals surface area contributed by atoms with Gasteiger partial charge in [0.15, 0.2) is 5.69 Å². The van der Waals surface area contributed by atoms with E-state index in [-0.39, 0.29) is 11.6 Å². The molecule has 0 aliphatic rings. The van der Waals surface area contributed by atoms with Crippen LogP contribution in [-0.4, -0.2) is 35.9 Å². The summed E-state index contributed by atoms with van der Waals surface area (Å²) in [5, 5.41) is 21.9. The second kappa shape index (κ2) is 5.85. The van der Waals surface area contributed by atoms with E-state index in [1.54, 1.807) is 9.36 Å². The van der Waals surface area contributed by atoms with Gasteiger partial charge in [-0.05, 0) is 19.8 Å². The molecule has 1 N–H and O–H groups in total. The molecule has 0 saturated heterocycles. The van der Waals surface area contributed by atoms with Crippen LogP contribution >= 0.6 is 11.6 Å². The van der Waals surface area contributed by atoms with Crippen LogP contribution < -0.4 is 0 Å². The lowest BCUT2D eigenvalue weighted by Gasteiger charge is -2.11. The summed E-state index contributed by atoms with van der Waals surface area (Å²) in [6, 6.07) is 0. The Morgan fingerprint density at radius 1 is 1.38 bits per heavy atom. The molecular weight excluding hydrogens is 294 g/mol. The first-order valence-corrected chi connectivity index (χ1v) is 7.13. The lowest BCUT2D eigenvalue weighted by Crippen LogP contribution is -2.14. The van der Waals surface area contributed by atoms with Crippen molar-refractivity contribution < 1.29 is 9.90 Å². The molecule has 21 heavy (non-hydrogen) atoms. The number of hydrogen-bond donors (Lipinski definition) is 1. The monoisotopic (exact) mass is 311 g/mol. The molecule has 0 atom stereocenters. The molecule has 0 aliphatic heterocycles. The van der Waals surface area contributed by atoms with E-state index >= 15 is 0 Å². The zero-order chi connectivity index (χ0) is 15.7. The fourth-order valence-corrected chi connectivity index (χ4v) is 2.52. The average molecular weight is 312 g/mol. The molecule has 7 nitrogen and oxygen atoms in total. The Morgan fingerprint density at radius 3 is 2.57 bits per heavy atom. The summed E-state index contributed by atoms with van der Waals surface area (Å²) in [7, 11) is 0. The third kappa shape index (κ3) is 2.78. The van der Waals surface area contributed by atoms with Gasteiger partial charge in [0.05, 0.1) is 28.6 Å². The normalized spacial score (nSPS) is 11.3. The zero-order valence-corrected chi connectivity index (χ0v) is 13.2. The van der Waals surface area contributed by atoms with Crippen molar-refractivity contribution in [2.24, 2.45) is 0 Å². The van der Waals surface area contributed by atoms with Crippen LogP contribution in [0.5, 0.6) is 0 Å². The second-order valence-electron chi connectivity index (χ2n) is 5.10. The van der Waals surface area contributed by atoms with Gasteiger partial charge in [-0.15, -0.1) is 5.10 Å². The minimum atomic E-state index is -1.07. The Balaban J connectivity index is 2.48. The molecular formula is C13H18ClN5O2. The van der Waals surface area contributed by atoms with Gasteiger partial charge in [-0.1, -0.05) is 30.7 Å². The summed E-state index contributed by atoms with van der Waals surface area (Å²) in [5.74, 6) is -1.08. The maximum absolute atomic E-state index is 11.2. The van der Waals surface area contributed by atoms with Crippen molar-refractivity contribution in [1.29, 1.82) is 0 Å². The fourth-order valence-electron chi connectivity index (χ4n) is 2.32. The minimum Gasteiger partial charge on any atom is -0.476 e. The lowest BCUT2D eigenvalue weighted by atomic mass is 10.1. The van der Waals surface area contributed by atoms with E-state index in [1.807, 2.05) is 27.7 Å². The first-order chi connectivity index (χ1) is 9.86. The summed E-state index contributed by atoms with van der Waals surface area (Å²) in [6.07, 6.45) is 0. The van der Waals surface area contributed by atoms with Gasteiger partial charge >= 0.3 is 5.97 Å². The predicted octanol–water partition coefficient (Wildman–Crippen LogP) is 2.33. The van der Waals surface area contributed by atoms with Crippen LogP contribution in [0, 0.1) is 6.92 Å². The number of carboxylic acid groups (broad SMARTS) is 1. The van der Waals surface area contributed by atoms with E-state index in [0.717, 1.165) is 11.4 Å². The van der Waals surface area contributed by atoms with Gasteiger partial charge in [0.2, 0.25) is 0 Å². The summed E-state index contributed by atoms with van der Waals surface area (Å²) >= 11 is 6.28. The maximum atomic E-state index is 11.2. The summed E-state index contributed by atoms with van der Waals surface area (Å²) in [6.45, 7) is 8.66. The molecule has 0 aromatic carbocycles. The smallest absolute Gasteiger partial charge is 0.358 e. The van der Waals surface area contributed by atoms with E-state index in [4.69, 9.17) is 11.6 Å². The zero-order valence-electron chi connectivity index (χ0n) is 12.5. The van der Waals surface area contributed by atoms with Crippen molar-refractivity contribution in [2.75, 3.05) is 0 Å². The molecule has 8 heteroatoms. The van der Waals surface area contributed by atoms with Gasteiger partial charge in [0.25, 0.3) is 0 Å². The number of halogens is 1. The lowest BCUT2D eigenvalue weighted by molar-refractivity contribution is 0.0688. The van der Waals surface area contributed by atoms with E-state index in [1.165, 1.54) is 0 Å². The van der Waals surface area contributed by atoms with Crippen molar-refractivity contribution >= 4 is 17.6 Å². The molecule has 0 unspecified atom stereocenters. The highest BCUT2D eigenvalue weighted by molar-refractivity contribution is 6.31. The summed E-state index contributed by atoms with van der Waals surface area (Å²) in [5.41, 5.74) is 2.12. The van der Waals surface area contributed by atoms with Crippen LogP contribution in [0.25, 0.3) is 0 Å². The third-order valence-corrected chi connectivity index (χ3v) is 3.77. The first-order valence-electron chi connectivity index (χ1n) is 6.75. The minimum absolute atomic E-state index is 0.0102. The molecule has 0 bridgehead atoms. The average Bonchev–Trinajstić information content (AvgIpc) is 2.95. The van der Waals surface area contributed by atoms with Crippen LogP contribution in [0.2, 0.25) is 5.02 Å². The summed E-state index contributed by atoms with van der Waals surface area (Å²) < 4.78 is 3.38. The van der Waals surface area contributed by atoms with Crippen molar-refractivity contribution in [1.82, 2.24) is 24.8 Å². The number of aromatic carboxylic acids is 1. The Kier molecular flexibility index (Phi) is 4.32. The molecule has 2 aromatic rings. The second-order valence-corrected chi connectivity index (χ2v) is 5.48. The molecule has 0 fully saturated rings. The molecule has 2 heterocycles. The van der Waals surface area contributed by atoms with E-state index in [9.17, 15) is 9.90 Å². The topological polar surface area (TPSA) is 85.8 Å². The molecule has 0 spiro atoms. The van der Waals surface area contributed by atoms with Gasteiger partial charge in [-0.25, -0.2) is 9.48 Å². The molecule has 0 amide bonds. The molecule has 114 valence electrons. The van der Waals surface area contributed by atoms with Crippen LogP contribution in [-0.2, 0) is 13.1 Å². The van der Waals surface area contributed by atoms with Gasteiger partial charge in [0, 0.05) is 6.54 Å². The van der Waals surface area contributed by atoms with Gasteiger partial charge in [-0.2, -0.15) is 5.10 Å². The first kappa shape index (κ1) is 15.5. The van der Waals surface area contributed by atoms with E-state index in [2.05, 4.69) is 15.4 Å². The highest BCUT2D eigenvalue weighted by Gasteiger charge is 2.23. The molecule has 0 radical (unpaired) electrons. The van der Waals surface area contributed by atoms with Crippen LogP contribution in [0.1, 0.15) is 54.3 Å². The Bertz CT molecular complexity index is 674. The number of carbonyl (C=O) groups is 1. The predicted molar refractivity (Wildman–Crippen MR) is 77.8 cm³/mol. The van der Waals surface area contributed by atoms with E-state index < -0.39 is 5.97 Å². The maximum Gasteiger partial charge on any atom is 0.358 e. The fraction of sp³-hybridized carbons (Fsp3) is 0.538.